The van der Waals surface area contributed by atoms with Crippen molar-refractivity contribution in [2.45, 2.75) is 33.7 Å². The highest BCUT2D eigenvalue weighted by atomic mass is 16.5. The van der Waals surface area contributed by atoms with Crippen molar-refractivity contribution in [3.05, 3.63) is 24.0 Å². The third kappa shape index (κ3) is 5.12. The molecule has 3 nitrogen and oxygen atoms in total. The summed E-state index contributed by atoms with van der Waals surface area (Å²) >= 11 is 0. The molecule has 16 heavy (non-hydrogen) atoms. The van der Waals surface area contributed by atoms with Crippen molar-refractivity contribution in [3.63, 3.8) is 0 Å². The molecule has 0 aliphatic rings. The molecule has 0 aliphatic heterocycles. The van der Waals surface area contributed by atoms with Crippen LogP contribution in [0.5, 0.6) is 5.75 Å². The van der Waals surface area contributed by atoms with E-state index >= 15 is 0 Å². The Morgan fingerprint density at radius 3 is 2.75 bits per heavy atom. The molecule has 1 rings (SSSR count). The lowest BCUT2D eigenvalue weighted by molar-refractivity contribution is 0.288. The van der Waals surface area contributed by atoms with E-state index in [1.807, 2.05) is 12.1 Å². The lowest BCUT2D eigenvalue weighted by Crippen LogP contribution is -2.12. The molecule has 1 heterocycles. The molecule has 1 aromatic rings. The standard InChI is InChI=1S/C13H22N2O/c1-4-14-9-12-5-6-13(10-15-12)16-8-7-11(2)3/h5-6,10-11,14H,4,7-9H2,1-3H3. The highest BCUT2D eigenvalue weighted by Crippen LogP contribution is 2.10. The number of nitrogens with zero attached hydrogens (tertiary/aromatic N) is 1. The van der Waals surface area contributed by atoms with Crippen LogP contribution in [0, 0.1) is 5.92 Å². The molecular weight excluding hydrogens is 200 g/mol. The number of nitrogens with one attached hydrogen (secondary N) is 1. The van der Waals surface area contributed by atoms with Gasteiger partial charge in [0.05, 0.1) is 18.5 Å². The Morgan fingerprint density at radius 2 is 2.19 bits per heavy atom. The fraction of sp³-hybridized carbons (Fsp3) is 0.615. The number of pyridine rings is 1. The summed E-state index contributed by atoms with van der Waals surface area (Å²) in [5, 5.41) is 3.24. The molecule has 0 radical (unpaired) electrons. The normalized spacial score (nSPS) is 10.8. The predicted octanol–water partition coefficient (Wildman–Crippen LogP) is 2.62. The van der Waals surface area contributed by atoms with Gasteiger partial charge in [-0.3, -0.25) is 4.98 Å². The van der Waals surface area contributed by atoms with Crippen molar-refractivity contribution in [2.75, 3.05) is 13.2 Å². The van der Waals surface area contributed by atoms with E-state index in [2.05, 4.69) is 31.1 Å². The van der Waals surface area contributed by atoms with Gasteiger partial charge in [-0.25, -0.2) is 0 Å². The fourth-order valence-electron chi connectivity index (χ4n) is 1.27. The van der Waals surface area contributed by atoms with E-state index in [0.717, 1.165) is 37.6 Å². The van der Waals surface area contributed by atoms with Crippen molar-refractivity contribution >= 4 is 0 Å². The van der Waals surface area contributed by atoms with Crippen LogP contribution in [-0.4, -0.2) is 18.1 Å². The van der Waals surface area contributed by atoms with E-state index in [-0.39, 0.29) is 0 Å². The van der Waals surface area contributed by atoms with Gasteiger partial charge in [-0.2, -0.15) is 0 Å². The monoisotopic (exact) mass is 222 g/mol. The van der Waals surface area contributed by atoms with Crippen molar-refractivity contribution in [1.82, 2.24) is 10.3 Å². The van der Waals surface area contributed by atoms with Crippen LogP contribution >= 0.6 is 0 Å². The minimum atomic E-state index is 0.681. The third-order valence-corrected chi connectivity index (χ3v) is 2.32. The number of ether oxygens (including phenoxy) is 1. The molecule has 0 spiro atoms. The summed E-state index contributed by atoms with van der Waals surface area (Å²) in [5.41, 5.74) is 1.05. The molecule has 0 fully saturated rings. The second kappa shape index (κ2) is 7.23. The van der Waals surface area contributed by atoms with Gasteiger partial charge in [0.25, 0.3) is 0 Å². The molecule has 1 aromatic heterocycles. The van der Waals surface area contributed by atoms with Crippen LogP contribution in [0.1, 0.15) is 32.9 Å². The van der Waals surface area contributed by atoms with Crippen LogP contribution in [0.15, 0.2) is 18.3 Å². The summed E-state index contributed by atoms with van der Waals surface area (Å²) in [6.07, 6.45) is 2.88. The van der Waals surface area contributed by atoms with Crippen LogP contribution in [0.2, 0.25) is 0 Å². The Kier molecular flexibility index (Phi) is 5.86. The first-order valence-corrected chi connectivity index (χ1v) is 6.00. The molecule has 3 heteroatoms. The van der Waals surface area contributed by atoms with Crippen LogP contribution in [-0.2, 0) is 6.54 Å². The van der Waals surface area contributed by atoms with Gasteiger partial charge in [-0.1, -0.05) is 20.8 Å². The Bertz CT molecular complexity index is 282. The maximum atomic E-state index is 5.59. The van der Waals surface area contributed by atoms with Gasteiger partial charge in [0.15, 0.2) is 0 Å². The quantitative estimate of drug-likeness (QED) is 0.770. The van der Waals surface area contributed by atoms with E-state index in [1.54, 1.807) is 6.20 Å². The average Bonchev–Trinajstić information content (AvgIpc) is 2.27. The van der Waals surface area contributed by atoms with E-state index in [4.69, 9.17) is 4.74 Å². The van der Waals surface area contributed by atoms with Crippen molar-refractivity contribution in [2.24, 2.45) is 5.92 Å². The minimum Gasteiger partial charge on any atom is -0.492 e. The summed E-state index contributed by atoms with van der Waals surface area (Å²) < 4.78 is 5.59. The topological polar surface area (TPSA) is 34.1 Å². The molecule has 0 amide bonds. The molecule has 0 saturated carbocycles. The number of hydrogen-bond donors (Lipinski definition) is 1. The third-order valence-electron chi connectivity index (χ3n) is 2.32. The van der Waals surface area contributed by atoms with Crippen molar-refractivity contribution < 1.29 is 4.74 Å². The van der Waals surface area contributed by atoms with Gasteiger partial charge in [-0.15, -0.1) is 0 Å². The van der Waals surface area contributed by atoms with E-state index < -0.39 is 0 Å². The maximum Gasteiger partial charge on any atom is 0.137 e. The first-order chi connectivity index (χ1) is 7.72. The second-order valence-electron chi connectivity index (χ2n) is 4.30. The molecular formula is C13H22N2O. The predicted molar refractivity (Wildman–Crippen MR) is 66.6 cm³/mol. The average molecular weight is 222 g/mol. The molecule has 0 aliphatic carbocycles. The zero-order chi connectivity index (χ0) is 11.8. The van der Waals surface area contributed by atoms with Gasteiger partial charge in [0.2, 0.25) is 0 Å². The van der Waals surface area contributed by atoms with E-state index in [0.29, 0.717) is 5.92 Å². The Hall–Kier alpha value is -1.09. The smallest absolute Gasteiger partial charge is 0.137 e. The van der Waals surface area contributed by atoms with E-state index in [1.165, 1.54) is 0 Å². The van der Waals surface area contributed by atoms with Crippen LogP contribution in [0.4, 0.5) is 0 Å². The summed E-state index contributed by atoms with van der Waals surface area (Å²) in [6, 6.07) is 3.99. The van der Waals surface area contributed by atoms with Gasteiger partial charge in [0.1, 0.15) is 5.75 Å². The summed E-state index contributed by atoms with van der Waals surface area (Å²) in [4.78, 5) is 4.33. The van der Waals surface area contributed by atoms with E-state index in [9.17, 15) is 0 Å². The van der Waals surface area contributed by atoms with Gasteiger partial charge < -0.3 is 10.1 Å². The first-order valence-electron chi connectivity index (χ1n) is 6.00. The number of aromatic nitrogens is 1. The summed E-state index contributed by atoms with van der Waals surface area (Å²) in [6.45, 7) is 9.04. The molecule has 1 N–H and O–H groups in total. The lowest BCUT2D eigenvalue weighted by atomic mass is 10.1. The van der Waals surface area contributed by atoms with Crippen LogP contribution < -0.4 is 10.1 Å². The molecule has 0 aromatic carbocycles. The van der Waals surface area contributed by atoms with Crippen LogP contribution in [0.25, 0.3) is 0 Å². The molecule has 90 valence electrons. The maximum absolute atomic E-state index is 5.59. The Morgan fingerprint density at radius 1 is 1.38 bits per heavy atom. The number of rotatable bonds is 7. The molecule has 0 saturated heterocycles. The SMILES string of the molecule is CCNCc1ccc(OCCC(C)C)cn1. The zero-order valence-corrected chi connectivity index (χ0v) is 10.5. The largest absolute Gasteiger partial charge is 0.492 e. The van der Waals surface area contributed by atoms with Gasteiger partial charge >= 0.3 is 0 Å². The highest BCUT2D eigenvalue weighted by molar-refractivity contribution is 5.19. The molecule has 0 atom stereocenters. The number of hydrogen-bond acceptors (Lipinski definition) is 3. The fourth-order valence-corrected chi connectivity index (χ4v) is 1.27. The summed E-state index contributed by atoms with van der Waals surface area (Å²) in [5.74, 6) is 1.54. The second-order valence-corrected chi connectivity index (χ2v) is 4.30. The first kappa shape index (κ1) is 13.0. The van der Waals surface area contributed by atoms with Gasteiger partial charge in [0, 0.05) is 6.54 Å². The Balaban J connectivity index is 2.33. The highest BCUT2D eigenvalue weighted by Gasteiger charge is 1.98. The Labute approximate surface area is 98.2 Å². The summed E-state index contributed by atoms with van der Waals surface area (Å²) in [7, 11) is 0. The zero-order valence-electron chi connectivity index (χ0n) is 10.5. The van der Waals surface area contributed by atoms with Crippen LogP contribution in [0.3, 0.4) is 0 Å². The van der Waals surface area contributed by atoms with Gasteiger partial charge in [-0.05, 0) is 31.0 Å². The molecule has 0 bridgehead atoms. The van der Waals surface area contributed by atoms with Crippen molar-refractivity contribution in [3.8, 4) is 5.75 Å². The molecule has 0 unspecified atom stereocenters. The lowest BCUT2D eigenvalue weighted by Gasteiger charge is -2.08. The van der Waals surface area contributed by atoms with Crippen molar-refractivity contribution in [1.29, 1.82) is 0 Å². The minimum absolute atomic E-state index is 0.681.